The van der Waals surface area contributed by atoms with Gasteiger partial charge >= 0.3 is 0 Å². The van der Waals surface area contributed by atoms with Gasteiger partial charge in [-0.25, -0.2) is 5.43 Å². The third-order valence-corrected chi connectivity index (χ3v) is 2.71. The molecule has 0 spiro atoms. The Balaban J connectivity index is 2.35. The van der Waals surface area contributed by atoms with E-state index in [9.17, 15) is 0 Å². The van der Waals surface area contributed by atoms with E-state index >= 15 is 0 Å². The normalized spacial score (nSPS) is 12.9. The van der Waals surface area contributed by atoms with E-state index in [4.69, 9.17) is 5.84 Å². The van der Waals surface area contributed by atoms with Crippen molar-refractivity contribution in [1.29, 1.82) is 0 Å². The van der Waals surface area contributed by atoms with Crippen LogP contribution in [-0.4, -0.2) is 19.4 Å². The molecule has 0 aliphatic carbocycles. The zero-order chi connectivity index (χ0) is 10.7. The van der Waals surface area contributed by atoms with Gasteiger partial charge < -0.3 is 0 Å². The summed E-state index contributed by atoms with van der Waals surface area (Å²) >= 11 is 1.31. The molecule has 1 unspecified atom stereocenters. The summed E-state index contributed by atoms with van der Waals surface area (Å²) < 4.78 is 5.70. The van der Waals surface area contributed by atoms with Crippen molar-refractivity contribution in [3.8, 4) is 0 Å². The summed E-state index contributed by atoms with van der Waals surface area (Å²) in [5, 5.41) is 10.1. The fraction of sp³-hybridized carbons (Fsp3) is 0.375. The van der Waals surface area contributed by atoms with E-state index in [1.54, 1.807) is 6.20 Å². The number of rotatable bonds is 4. The van der Waals surface area contributed by atoms with Gasteiger partial charge in [0.1, 0.15) is 6.04 Å². The Kier molecular flexibility index (Phi) is 3.05. The van der Waals surface area contributed by atoms with Crippen LogP contribution in [0.4, 0.5) is 0 Å². The molecule has 0 amide bonds. The molecule has 15 heavy (non-hydrogen) atoms. The SMILES string of the molecule is CCn1nccc1C(NN)c1csnn1. The summed E-state index contributed by atoms with van der Waals surface area (Å²) in [6, 6.07) is 1.78. The number of nitrogens with two attached hydrogens (primary N) is 1. The van der Waals surface area contributed by atoms with E-state index in [2.05, 4.69) is 20.1 Å². The first kappa shape index (κ1) is 10.2. The molecular formula is C8H12N6S. The first-order valence-corrected chi connectivity index (χ1v) is 5.45. The first-order chi connectivity index (χ1) is 7.36. The van der Waals surface area contributed by atoms with Crippen LogP contribution in [0.15, 0.2) is 17.6 Å². The number of nitrogens with one attached hydrogen (secondary N) is 1. The molecular weight excluding hydrogens is 212 g/mol. The highest BCUT2D eigenvalue weighted by atomic mass is 32.1. The second kappa shape index (κ2) is 4.47. The highest BCUT2D eigenvalue weighted by molar-refractivity contribution is 7.03. The van der Waals surface area contributed by atoms with Crippen LogP contribution < -0.4 is 11.3 Å². The van der Waals surface area contributed by atoms with Gasteiger partial charge in [-0.3, -0.25) is 10.5 Å². The molecule has 0 bridgehead atoms. The van der Waals surface area contributed by atoms with Crippen LogP contribution >= 0.6 is 11.5 Å². The third-order valence-electron chi connectivity index (χ3n) is 2.18. The van der Waals surface area contributed by atoms with Crippen molar-refractivity contribution in [3.63, 3.8) is 0 Å². The Morgan fingerprint density at radius 1 is 1.67 bits per heavy atom. The molecule has 0 aliphatic heterocycles. The van der Waals surface area contributed by atoms with Crippen LogP contribution in [0, 0.1) is 0 Å². The van der Waals surface area contributed by atoms with Crippen LogP contribution in [0.25, 0.3) is 0 Å². The number of nitrogens with zero attached hydrogens (tertiary/aromatic N) is 4. The number of hydrogen-bond acceptors (Lipinski definition) is 6. The molecule has 7 heteroatoms. The Hall–Kier alpha value is -1.31. The minimum atomic E-state index is -0.147. The standard InChI is InChI=1S/C8H12N6S/c1-2-14-7(3-4-10-14)8(11-9)6-5-15-13-12-6/h3-5,8,11H,2,9H2,1H3. The summed E-state index contributed by atoms with van der Waals surface area (Å²) in [4.78, 5) is 0. The van der Waals surface area contributed by atoms with Gasteiger partial charge in [0.05, 0.1) is 11.4 Å². The highest BCUT2D eigenvalue weighted by Gasteiger charge is 2.18. The number of aromatic nitrogens is 4. The minimum absolute atomic E-state index is 0.147. The number of hydrogen-bond donors (Lipinski definition) is 2. The van der Waals surface area contributed by atoms with Crippen molar-refractivity contribution in [1.82, 2.24) is 24.8 Å². The molecule has 6 nitrogen and oxygen atoms in total. The van der Waals surface area contributed by atoms with Gasteiger partial charge in [0.15, 0.2) is 0 Å². The van der Waals surface area contributed by atoms with Crippen LogP contribution in [-0.2, 0) is 6.54 Å². The quantitative estimate of drug-likeness (QED) is 0.577. The van der Waals surface area contributed by atoms with E-state index in [0.717, 1.165) is 17.9 Å². The second-order valence-corrected chi connectivity index (χ2v) is 3.61. The number of aryl methyl sites for hydroxylation is 1. The van der Waals surface area contributed by atoms with Gasteiger partial charge in [-0.1, -0.05) is 4.49 Å². The first-order valence-electron chi connectivity index (χ1n) is 4.61. The monoisotopic (exact) mass is 224 g/mol. The predicted octanol–water partition coefficient (Wildman–Crippen LogP) is 0.307. The second-order valence-electron chi connectivity index (χ2n) is 3.00. The topological polar surface area (TPSA) is 81.7 Å². The van der Waals surface area contributed by atoms with Crippen molar-refractivity contribution in [2.24, 2.45) is 5.84 Å². The lowest BCUT2D eigenvalue weighted by Crippen LogP contribution is -2.31. The van der Waals surface area contributed by atoms with Crippen LogP contribution in [0.5, 0.6) is 0 Å². The van der Waals surface area contributed by atoms with Crippen molar-refractivity contribution < 1.29 is 0 Å². The van der Waals surface area contributed by atoms with Crippen LogP contribution in [0.3, 0.4) is 0 Å². The van der Waals surface area contributed by atoms with Crippen molar-refractivity contribution in [2.75, 3.05) is 0 Å². The fourth-order valence-corrected chi connectivity index (χ4v) is 1.95. The smallest absolute Gasteiger partial charge is 0.108 e. The summed E-state index contributed by atoms with van der Waals surface area (Å²) in [7, 11) is 0. The molecule has 3 N–H and O–H groups in total. The molecule has 0 aliphatic rings. The lowest BCUT2D eigenvalue weighted by molar-refractivity contribution is 0.535. The summed E-state index contributed by atoms with van der Waals surface area (Å²) in [5.74, 6) is 5.52. The zero-order valence-electron chi connectivity index (χ0n) is 8.29. The third kappa shape index (κ3) is 1.89. The fourth-order valence-electron chi connectivity index (χ4n) is 1.47. The molecule has 80 valence electrons. The Bertz CT molecular complexity index is 408. The van der Waals surface area contributed by atoms with Gasteiger partial charge in [0.2, 0.25) is 0 Å². The Labute approximate surface area is 91.2 Å². The predicted molar refractivity (Wildman–Crippen MR) is 57.0 cm³/mol. The van der Waals surface area contributed by atoms with E-state index in [-0.39, 0.29) is 6.04 Å². The highest BCUT2D eigenvalue weighted by Crippen LogP contribution is 2.19. The molecule has 0 fully saturated rings. The maximum absolute atomic E-state index is 5.52. The molecule has 2 aromatic heterocycles. The maximum atomic E-state index is 5.52. The minimum Gasteiger partial charge on any atom is -0.270 e. The molecule has 0 saturated carbocycles. The van der Waals surface area contributed by atoms with Gasteiger partial charge in [0, 0.05) is 18.1 Å². The maximum Gasteiger partial charge on any atom is 0.108 e. The molecule has 0 aromatic carbocycles. The van der Waals surface area contributed by atoms with E-state index < -0.39 is 0 Å². The molecule has 0 radical (unpaired) electrons. The Morgan fingerprint density at radius 2 is 2.53 bits per heavy atom. The number of hydrazine groups is 1. The molecule has 2 aromatic rings. The van der Waals surface area contributed by atoms with Gasteiger partial charge in [-0.05, 0) is 24.5 Å². The average molecular weight is 224 g/mol. The van der Waals surface area contributed by atoms with Crippen molar-refractivity contribution in [2.45, 2.75) is 19.5 Å². The van der Waals surface area contributed by atoms with Crippen molar-refractivity contribution in [3.05, 3.63) is 29.0 Å². The van der Waals surface area contributed by atoms with Crippen molar-refractivity contribution >= 4 is 11.5 Å². The lowest BCUT2D eigenvalue weighted by atomic mass is 10.1. The van der Waals surface area contributed by atoms with Gasteiger partial charge in [-0.15, -0.1) is 5.10 Å². The Morgan fingerprint density at radius 3 is 3.13 bits per heavy atom. The zero-order valence-corrected chi connectivity index (χ0v) is 9.11. The molecule has 2 rings (SSSR count). The summed E-state index contributed by atoms with van der Waals surface area (Å²) in [5.41, 5.74) is 4.54. The van der Waals surface area contributed by atoms with Gasteiger partial charge in [0.25, 0.3) is 0 Å². The summed E-state index contributed by atoms with van der Waals surface area (Å²) in [6.45, 7) is 2.83. The molecule has 1 atom stereocenters. The lowest BCUT2D eigenvalue weighted by Gasteiger charge is -2.14. The van der Waals surface area contributed by atoms with E-state index in [1.807, 2.05) is 23.1 Å². The van der Waals surface area contributed by atoms with Crippen LogP contribution in [0.1, 0.15) is 24.4 Å². The van der Waals surface area contributed by atoms with Crippen LogP contribution in [0.2, 0.25) is 0 Å². The van der Waals surface area contributed by atoms with Gasteiger partial charge in [-0.2, -0.15) is 5.10 Å². The average Bonchev–Trinajstić information content (AvgIpc) is 2.89. The largest absolute Gasteiger partial charge is 0.270 e. The van der Waals surface area contributed by atoms with E-state index in [1.165, 1.54) is 11.5 Å². The summed E-state index contributed by atoms with van der Waals surface area (Å²) in [6.07, 6.45) is 1.75. The molecule has 2 heterocycles. The van der Waals surface area contributed by atoms with E-state index in [0.29, 0.717) is 0 Å². The molecule has 0 saturated heterocycles.